The molecule has 0 aliphatic rings. The van der Waals surface area contributed by atoms with Crippen LogP contribution in [-0.4, -0.2) is 12.4 Å². The van der Waals surface area contributed by atoms with Gasteiger partial charge in [0, 0.05) is 15.5 Å². The molecule has 0 rings (SSSR count). The van der Waals surface area contributed by atoms with Crippen molar-refractivity contribution in [3.05, 3.63) is 12.7 Å². The molecule has 54 valence electrons. The summed E-state index contributed by atoms with van der Waals surface area (Å²) in [6.45, 7) is 6.22. The Balaban J connectivity index is 3.16. The molecule has 0 aliphatic heterocycles. The molecule has 0 aromatic rings. The number of rotatable bonds is 5. The molecule has 0 aromatic heterocycles. The summed E-state index contributed by atoms with van der Waals surface area (Å²) in [6, 6.07) is 0. The summed E-state index contributed by atoms with van der Waals surface area (Å²) in [5, 5.41) is 0. The van der Waals surface area contributed by atoms with E-state index in [2.05, 4.69) is 13.5 Å². The van der Waals surface area contributed by atoms with Crippen molar-refractivity contribution in [3.63, 3.8) is 0 Å². The molecule has 0 radical (unpaired) electrons. The fraction of sp³-hybridized carbons (Fsp3) is 0.667. The van der Waals surface area contributed by atoms with Crippen LogP contribution in [0.25, 0.3) is 0 Å². The van der Waals surface area contributed by atoms with Crippen molar-refractivity contribution >= 4 is 20.9 Å². The van der Waals surface area contributed by atoms with Crippen LogP contribution in [0, 0.1) is 0 Å². The third-order valence-corrected chi connectivity index (χ3v) is 2.62. The molecule has 1 nitrogen and oxygen atoms in total. The number of hydrogen-bond acceptors (Lipinski definition) is 2. The van der Waals surface area contributed by atoms with Crippen LogP contribution in [0.5, 0.6) is 0 Å². The summed E-state index contributed by atoms with van der Waals surface area (Å²) in [4.78, 5) is 0. The second kappa shape index (κ2) is 6.39. The van der Waals surface area contributed by atoms with E-state index in [1.165, 1.54) is 0 Å². The molecule has 0 aliphatic carbocycles. The van der Waals surface area contributed by atoms with Gasteiger partial charge in [-0.25, -0.2) is 0 Å². The van der Waals surface area contributed by atoms with Crippen LogP contribution in [0.3, 0.4) is 0 Å². The molecule has 1 atom stereocenters. The summed E-state index contributed by atoms with van der Waals surface area (Å²) in [6.07, 6.45) is 2.83. The molecular weight excluding hydrogens is 152 g/mol. The Morgan fingerprint density at radius 1 is 1.78 bits per heavy atom. The third kappa shape index (κ3) is 6.15. The SMILES string of the molecule is C=CCOS(=S)CCC. The molecule has 0 amide bonds. The predicted molar refractivity (Wildman–Crippen MR) is 46.0 cm³/mol. The van der Waals surface area contributed by atoms with E-state index in [9.17, 15) is 0 Å². The van der Waals surface area contributed by atoms with Crippen LogP contribution in [0.15, 0.2) is 12.7 Å². The van der Waals surface area contributed by atoms with Gasteiger partial charge in [0.1, 0.15) is 0 Å². The third-order valence-electron chi connectivity index (χ3n) is 0.688. The van der Waals surface area contributed by atoms with Crippen molar-refractivity contribution in [2.75, 3.05) is 12.4 Å². The maximum absolute atomic E-state index is 5.16. The van der Waals surface area contributed by atoms with Gasteiger partial charge in [0.15, 0.2) is 0 Å². The van der Waals surface area contributed by atoms with E-state index in [0.717, 1.165) is 12.2 Å². The first-order chi connectivity index (χ1) is 4.31. The molecule has 0 saturated carbocycles. The highest BCUT2D eigenvalue weighted by Crippen LogP contribution is 1.89. The zero-order chi connectivity index (χ0) is 7.11. The van der Waals surface area contributed by atoms with Crippen LogP contribution in [0.2, 0.25) is 0 Å². The molecule has 0 bridgehead atoms. The van der Waals surface area contributed by atoms with Crippen molar-refractivity contribution in [2.24, 2.45) is 0 Å². The second-order valence-electron chi connectivity index (χ2n) is 1.58. The van der Waals surface area contributed by atoms with E-state index in [4.69, 9.17) is 15.4 Å². The minimum atomic E-state index is -0.258. The zero-order valence-corrected chi connectivity index (χ0v) is 7.26. The Hall–Kier alpha value is 0.270. The van der Waals surface area contributed by atoms with Gasteiger partial charge in [-0.1, -0.05) is 13.0 Å². The van der Waals surface area contributed by atoms with E-state index >= 15 is 0 Å². The zero-order valence-electron chi connectivity index (χ0n) is 5.63. The Morgan fingerprint density at radius 3 is 2.89 bits per heavy atom. The van der Waals surface area contributed by atoms with E-state index in [1.807, 2.05) is 0 Å². The monoisotopic (exact) mass is 164 g/mol. The quantitative estimate of drug-likeness (QED) is 0.571. The molecule has 0 fully saturated rings. The lowest BCUT2D eigenvalue weighted by Crippen LogP contribution is -1.99. The lowest BCUT2D eigenvalue weighted by Gasteiger charge is -1.99. The summed E-state index contributed by atoms with van der Waals surface area (Å²) in [7, 11) is -0.258. The minimum Gasteiger partial charge on any atom is -0.308 e. The smallest absolute Gasteiger partial charge is 0.0795 e. The van der Waals surface area contributed by atoms with E-state index in [-0.39, 0.29) is 9.74 Å². The molecule has 0 N–H and O–H groups in total. The topological polar surface area (TPSA) is 9.23 Å². The van der Waals surface area contributed by atoms with Crippen LogP contribution in [-0.2, 0) is 25.1 Å². The molecule has 0 saturated heterocycles. The second-order valence-corrected chi connectivity index (χ2v) is 3.95. The van der Waals surface area contributed by atoms with E-state index in [0.29, 0.717) is 6.61 Å². The maximum atomic E-state index is 5.16. The Kier molecular flexibility index (Phi) is 6.58. The fourth-order valence-corrected chi connectivity index (χ4v) is 1.72. The average molecular weight is 164 g/mol. The Morgan fingerprint density at radius 2 is 2.44 bits per heavy atom. The van der Waals surface area contributed by atoms with Crippen LogP contribution in [0.1, 0.15) is 13.3 Å². The predicted octanol–water partition coefficient (Wildman–Crippen LogP) is 1.59. The molecule has 0 heterocycles. The fourth-order valence-electron chi connectivity index (χ4n) is 0.350. The summed E-state index contributed by atoms with van der Waals surface area (Å²) in [5.41, 5.74) is 0. The van der Waals surface area contributed by atoms with Gasteiger partial charge in [-0.2, -0.15) is 0 Å². The largest absolute Gasteiger partial charge is 0.308 e. The minimum absolute atomic E-state index is 0.258. The van der Waals surface area contributed by atoms with Crippen LogP contribution in [0.4, 0.5) is 0 Å². The molecule has 9 heavy (non-hydrogen) atoms. The van der Waals surface area contributed by atoms with Gasteiger partial charge in [0.2, 0.25) is 0 Å². The van der Waals surface area contributed by atoms with Gasteiger partial charge >= 0.3 is 0 Å². The highest BCUT2D eigenvalue weighted by Gasteiger charge is 1.88. The molecule has 1 unspecified atom stereocenters. The summed E-state index contributed by atoms with van der Waals surface area (Å²) < 4.78 is 5.16. The van der Waals surface area contributed by atoms with Gasteiger partial charge in [-0.3, -0.25) is 0 Å². The lowest BCUT2D eigenvalue weighted by molar-refractivity contribution is 0.423. The summed E-state index contributed by atoms with van der Waals surface area (Å²) in [5.74, 6) is 0.989. The first-order valence-corrected chi connectivity index (χ1v) is 5.18. The van der Waals surface area contributed by atoms with Gasteiger partial charge in [0.25, 0.3) is 0 Å². The van der Waals surface area contributed by atoms with Crippen molar-refractivity contribution < 1.29 is 4.18 Å². The van der Waals surface area contributed by atoms with E-state index < -0.39 is 0 Å². The van der Waals surface area contributed by atoms with Crippen molar-refractivity contribution in [1.29, 1.82) is 0 Å². The molecule has 0 spiro atoms. The normalized spacial score (nSPS) is 13.0. The van der Waals surface area contributed by atoms with E-state index in [1.54, 1.807) is 6.08 Å². The van der Waals surface area contributed by atoms with Gasteiger partial charge in [-0.05, 0) is 17.6 Å². The molecular formula is C6H12OS2. The first kappa shape index (κ1) is 9.27. The van der Waals surface area contributed by atoms with Crippen molar-refractivity contribution in [2.45, 2.75) is 13.3 Å². The van der Waals surface area contributed by atoms with Crippen molar-refractivity contribution in [3.8, 4) is 0 Å². The summed E-state index contributed by atoms with van der Waals surface area (Å²) >= 11 is 4.96. The Labute approximate surface area is 63.9 Å². The van der Waals surface area contributed by atoms with Crippen molar-refractivity contribution in [1.82, 2.24) is 0 Å². The van der Waals surface area contributed by atoms with Crippen LogP contribution < -0.4 is 0 Å². The molecule has 0 aromatic carbocycles. The van der Waals surface area contributed by atoms with Gasteiger partial charge < -0.3 is 4.18 Å². The van der Waals surface area contributed by atoms with Gasteiger partial charge in [-0.15, -0.1) is 6.58 Å². The van der Waals surface area contributed by atoms with Crippen LogP contribution >= 0.6 is 0 Å². The highest BCUT2D eigenvalue weighted by molar-refractivity contribution is 8.26. The molecule has 3 heteroatoms. The average Bonchev–Trinajstić information content (AvgIpc) is 1.85. The standard InChI is InChI=1S/C6H12OS2/c1-3-5-7-9(8)6-4-2/h3H,1,4-6H2,2H3. The first-order valence-electron chi connectivity index (χ1n) is 2.93. The lowest BCUT2D eigenvalue weighted by atomic mass is 10.6. The van der Waals surface area contributed by atoms with Gasteiger partial charge in [0.05, 0.1) is 6.61 Å². The highest BCUT2D eigenvalue weighted by atomic mass is 32.8. The Bertz CT molecular complexity index is 101. The maximum Gasteiger partial charge on any atom is 0.0795 e. The number of hydrogen-bond donors (Lipinski definition) is 0.